The van der Waals surface area contributed by atoms with Crippen molar-refractivity contribution in [3.63, 3.8) is 0 Å². The molecule has 7 aromatic rings. The van der Waals surface area contributed by atoms with Gasteiger partial charge in [0, 0.05) is 21.9 Å². The molecule has 0 saturated carbocycles. The third-order valence-corrected chi connectivity index (χ3v) is 6.79. The van der Waals surface area contributed by atoms with Gasteiger partial charge in [-0.1, -0.05) is 103 Å². The molecule has 0 aliphatic rings. The summed E-state index contributed by atoms with van der Waals surface area (Å²) in [5, 5.41) is 14.6. The highest BCUT2D eigenvalue weighted by Gasteiger charge is 2.24. The van der Waals surface area contributed by atoms with Crippen molar-refractivity contribution in [1.29, 1.82) is 0 Å². The third kappa shape index (κ3) is 3.58. The third-order valence-electron chi connectivity index (χ3n) is 6.79. The van der Waals surface area contributed by atoms with E-state index in [0.717, 1.165) is 66.6 Å². The van der Waals surface area contributed by atoms with Crippen molar-refractivity contribution in [2.24, 2.45) is 0 Å². The molecule has 174 valence electrons. The summed E-state index contributed by atoms with van der Waals surface area (Å²) in [5.41, 5.74) is 10.1. The average molecular weight is 476 g/mol. The molecule has 4 nitrogen and oxygen atoms in total. The van der Waals surface area contributed by atoms with E-state index in [4.69, 9.17) is 4.42 Å². The predicted octanol–water partition coefficient (Wildman–Crippen LogP) is 8.44. The first-order valence-electron chi connectivity index (χ1n) is 12.2. The topological polar surface area (TPSA) is 51.8 Å². The van der Waals surface area contributed by atoms with Gasteiger partial charge in [0.1, 0.15) is 11.2 Å². The van der Waals surface area contributed by atoms with Gasteiger partial charge in [-0.25, -0.2) is 0 Å². The number of nitrogens with zero attached hydrogens (tertiary/aromatic N) is 3. The monoisotopic (exact) mass is 475 g/mol. The Hall–Kier alpha value is -5.09. The molecule has 0 unspecified atom stereocenters. The molecule has 0 spiro atoms. The van der Waals surface area contributed by atoms with E-state index >= 15 is 0 Å². The number of furan rings is 1. The zero-order chi connectivity index (χ0) is 24.6. The van der Waals surface area contributed by atoms with Crippen LogP contribution in [0.4, 0.5) is 0 Å². The summed E-state index contributed by atoms with van der Waals surface area (Å²) in [6.45, 7) is 0. The highest BCUT2D eigenvalue weighted by Crippen LogP contribution is 2.49. The fraction of sp³-hybridized carbons (Fsp3) is 0. The molecule has 0 fully saturated rings. The van der Waals surface area contributed by atoms with Crippen LogP contribution in [0.3, 0.4) is 0 Å². The van der Waals surface area contributed by atoms with Gasteiger partial charge in [0.05, 0.1) is 11.9 Å². The van der Waals surface area contributed by atoms with Gasteiger partial charge in [-0.3, -0.25) is 0 Å². The number of aromatic nitrogens is 3. The van der Waals surface area contributed by atoms with E-state index in [1.54, 1.807) is 6.20 Å². The lowest BCUT2D eigenvalue weighted by Crippen LogP contribution is -1.97. The molecule has 0 bridgehead atoms. The lowest BCUT2D eigenvalue weighted by molar-refractivity contribution is 0.669. The Morgan fingerprint density at radius 2 is 1.16 bits per heavy atom. The first-order chi connectivity index (χ1) is 18.4. The fourth-order valence-electron chi connectivity index (χ4n) is 5.21. The summed E-state index contributed by atoms with van der Waals surface area (Å²) >= 11 is 0. The van der Waals surface area contributed by atoms with Gasteiger partial charge in [-0.15, -0.1) is 10.2 Å². The van der Waals surface area contributed by atoms with E-state index in [2.05, 4.69) is 100 Å². The Morgan fingerprint density at radius 1 is 0.514 bits per heavy atom. The molecule has 0 aliphatic carbocycles. The van der Waals surface area contributed by atoms with Crippen LogP contribution < -0.4 is 0 Å². The Morgan fingerprint density at radius 3 is 1.89 bits per heavy atom. The minimum absolute atomic E-state index is 0.752. The van der Waals surface area contributed by atoms with Crippen LogP contribution in [0.1, 0.15) is 0 Å². The van der Waals surface area contributed by atoms with Crippen molar-refractivity contribution >= 4 is 21.9 Å². The molecule has 0 radical (unpaired) electrons. The summed E-state index contributed by atoms with van der Waals surface area (Å²) < 4.78 is 6.42. The lowest BCUT2D eigenvalue weighted by atomic mass is 9.83. The summed E-state index contributed by atoms with van der Waals surface area (Å²) in [5.74, 6) is 0. The van der Waals surface area contributed by atoms with E-state index in [0.29, 0.717) is 0 Å². The first-order valence-corrected chi connectivity index (χ1v) is 12.2. The maximum absolute atomic E-state index is 6.42. The molecule has 0 aliphatic heterocycles. The summed E-state index contributed by atoms with van der Waals surface area (Å²) in [7, 11) is 0. The normalized spacial score (nSPS) is 11.2. The molecule has 0 saturated heterocycles. The van der Waals surface area contributed by atoms with Crippen LogP contribution in [0.15, 0.2) is 132 Å². The summed E-state index contributed by atoms with van der Waals surface area (Å²) in [4.78, 5) is 0. The van der Waals surface area contributed by atoms with Crippen molar-refractivity contribution in [3.05, 3.63) is 128 Å². The van der Waals surface area contributed by atoms with Crippen LogP contribution in [0.5, 0.6) is 0 Å². The average Bonchev–Trinajstić information content (AvgIpc) is 3.36. The van der Waals surface area contributed by atoms with Crippen molar-refractivity contribution < 1.29 is 4.42 Å². The smallest absolute Gasteiger partial charge is 0.136 e. The molecule has 4 heteroatoms. The second-order valence-corrected chi connectivity index (χ2v) is 8.93. The molecular weight excluding hydrogens is 454 g/mol. The maximum atomic E-state index is 6.42. The van der Waals surface area contributed by atoms with E-state index in [1.807, 2.05) is 36.4 Å². The Labute approximate surface area is 213 Å². The number of rotatable bonds is 4. The Bertz CT molecular complexity index is 1860. The van der Waals surface area contributed by atoms with Gasteiger partial charge in [-0.05, 0) is 51.2 Å². The number of hydrogen-bond donors (Lipinski definition) is 0. The lowest BCUT2D eigenvalue weighted by Gasteiger charge is -2.19. The van der Waals surface area contributed by atoms with Crippen LogP contribution in [-0.4, -0.2) is 15.4 Å². The van der Waals surface area contributed by atoms with Crippen molar-refractivity contribution in [2.45, 2.75) is 0 Å². The number of hydrogen-bond acceptors (Lipinski definition) is 4. The van der Waals surface area contributed by atoms with Gasteiger partial charge in [0.2, 0.25) is 0 Å². The fourth-order valence-corrected chi connectivity index (χ4v) is 5.21. The quantitative estimate of drug-likeness (QED) is 0.256. The van der Waals surface area contributed by atoms with Gasteiger partial charge in [-0.2, -0.15) is 0 Å². The SMILES string of the molecule is c1ccc(-c2ccccc2-c2c(-c3ccccc3)cc3oc4ccccc4c3c2-c2ccnnn2)cc1. The Kier molecular flexibility index (Phi) is 5.07. The molecular formula is C33H21N3O. The molecule has 2 heterocycles. The maximum Gasteiger partial charge on any atom is 0.136 e. The highest BCUT2D eigenvalue weighted by molar-refractivity contribution is 6.19. The molecule has 0 amide bonds. The van der Waals surface area contributed by atoms with Crippen LogP contribution in [0.2, 0.25) is 0 Å². The number of para-hydroxylation sites is 1. The molecule has 0 atom stereocenters. The van der Waals surface area contributed by atoms with Crippen molar-refractivity contribution in [2.75, 3.05) is 0 Å². The number of benzene rings is 5. The van der Waals surface area contributed by atoms with E-state index < -0.39 is 0 Å². The summed E-state index contributed by atoms with van der Waals surface area (Å²) in [6.07, 6.45) is 1.69. The van der Waals surface area contributed by atoms with Crippen LogP contribution in [-0.2, 0) is 0 Å². The van der Waals surface area contributed by atoms with Gasteiger partial charge in [0.15, 0.2) is 0 Å². The molecule has 0 N–H and O–H groups in total. The van der Waals surface area contributed by atoms with Gasteiger partial charge < -0.3 is 4.42 Å². The standard InChI is InChI=1S/C33H21N3O/c1-3-11-22(12-4-1)24-15-7-8-16-25(24)31-27(23-13-5-2-6-14-23)21-30-32(26-17-9-10-18-29(26)37-30)33(31)28-19-20-34-36-35-28/h1-21H. The minimum atomic E-state index is 0.752. The predicted molar refractivity (Wildman–Crippen MR) is 149 cm³/mol. The van der Waals surface area contributed by atoms with E-state index in [-0.39, 0.29) is 0 Å². The minimum Gasteiger partial charge on any atom is -0.456 e. The first kappa shape index (κ1) is 21.2. The molecule has 5 aromatic carbocycles. The van der Waals surface area contributed by atoms with Crippen molar-refractivity contribution in [3.8, 4) is 44.6 Å². The summed E-state index contributed by atoms with van der Waals surface area (Å²) in [6, 6.07) is 41.8. The van der Waals surface area contributed by atoms with Gasteiger partial charge >= 0.3 is 0 Å². The van der Waals surface area contributed by atoms with Crippen LogP contribution in [0, 0.1) is 0 Å². The van der Waals surface area contributed by atoms with Crippen LogP contribution >= 0.6 is 0 Å². The zero-order valence-electron chi connectivity index (χ0n) is 19.9. The zero-order valence-corrected chi connectivity index (χ0v) is 19.9. The van der Waals surface area contributed by atoms with Gasteiger partial charge in [0.25, 0.3) is 0 Å². The van der Waals surface area contributed by atoms with E-state index in [9.17, 15) is 0 Å². The molecule has 7 rings (SSSR count). The van der Waals surface area contributed by atoms with Crippen molar-refractivity contribution in [1.82, 2.24) is 15.4 Å². The molecule has 2 aromatic heterocycles. The second-order valence-electron chi connectivity index (χ2n) is 8.93. The Balaban J connectivity index is 1.71. The van der Waals surface area contributed by atoms with E-state index in [1.165, 1.54) is 0 Å². The molecule has 37 heavy (non-hydrogen) atoms. The van der Waals surface area contributed by atoms with Crippen LogP contribution in [0.25, 0.3) is 66.6 Å². The highest BCUT2D eigenvalue weighted by atomic mass is 16.3. The number of fused-ring (bicyclic) bond motifs is 3. The largest absolute Gasteiger partial charge is 0.456 e. The second kappa shape index (κ2) is 8.85.